The zero-order valence-electron chi connectivity index (χ0n) is 8.93. The maximum atomic E-state index is 13.4. The summed E-state index contributed by atoms with van der Waals surface area (Å²) in [5.41, 5.74) is 0. The summed E-state index contributed by atoms with van der Waals surface area (Å²) in [7, 11) is 0. The van der Waals surface area contributed by atoms with Gasteiger partial charge in [-0.3, -0.25) is 0 Å². The van der Waals surface area contributed by atoms with Crippen LogP contribution in [0, 0.1) is 5.82 Å². The van der Waals surface area contributed by atoms with Crippen molar-refractivity contribution < 1.29 is 9.13 Å². The normalized spacial score (nSPS) is 10.3. The Bertz CT molecular complexity index is 302. The van der Waals surface area contributed by atoms with Crippen molar-refractivity contribution in [2.75, 3.05) is 6.61 Å². The number of hydrogen-bond acceptors (Lipinski definition) is 1. The van der Waals surface area contributed by atoms with Crippen molar-refractivity contribution in [2.45, 2.75) is 32.6 Å². The Hall–Kier alpha value is -0.570. The predicted octanol–water partition coefficient (Wildman–Crippen LogP) is 4.55. The van der Waals surface area contributed by atoms with Crippen molar-refractivity contribution in [3.8, 4) is 5.75 Å². The molecule has 0 atom stereocenters. The van der Waals surface area contributed by atoms with Crippen LogP contribution in [0.1, 0.15) is 32.6 Å². The van der Waals surface area contributed by atoms with Gasteiger partial charge in [-0.1, -0.05) is 32.3 Å². The summed E-state index contributed by atoms with van der Waals surface area (Å²) < 4.78 is 19.2. The molecule has 0 saturated heterocycles. The Morgan fingerprint density at radius 3 is 2.80 bits per heavy atom. The molecule has 84 valence electrons. The number of rotatable bonds is 6. The molecular formula is C12H16BrFO. The maximum absolute atomic E-state index is 13.4. The summed E-state index contributed by atoms with van der Waals surface area (Å²) in [5.74, 6) is 0.0221. The molecule has 0 aliphatic carbocycles. The van der Waals surface area contributed by atoms with Gasteiger partial charge in [-0.05, 0) is 34.5 Å². The molecule has 0 radical (unpaired) electrons. The molecule has 0 aromatic heterocycles. The first-order valence-corrected chi connectivity index (χ1v) is 6.11. The second-order valence-corrected chi connectivity index (χ2v) is 4.32. The van der Waals surface area contributed by atoms with E-state index >= 15 is 0 Å². The highest BCUT2D eigenvalue weighted by Crippen LogP contribution is 2.24. The Kier molecular flexibility index (Phi) is 5.69. The van der Waals surface area contributed by atoms with Crippen molar-refractivity contribution >= 4 is 15.9 Å². The Labute approximate surface area is 98.8 Å². The highest BCUT2D eigenvalue weighted by atomic mass is 79.9. The largest absolute Gasteiger partial charge is 0.490 e. The van der Waals surface area contributed by atoms with Crippen LogP contribution >= 0.6 is 15.9 Å². The van der Waals surface area contributed by atoms with E-state index in [9.17, 15) is 4.39 Å². The van der Waals surface area contributed by atoms with Crippen LogP contribution in [0.5, 0.6) is 5.75 Å². The first kappa shape index (κ1) is 12.5. The molecule has 0 bridgehead atoms. The minimum atomic E-state index is -0.312. The van der Waals surface area contributed by atoms with Crippen molar-refractivity contribution in [3.63, 3.8) is 0 Å². The summed E-state index contributed by atoms with van der Waals surface area (Å²) in [6.45, 7) is 2.75. The summed E-state index contributed by atoms with van der Waals surface area (Å²) in [6, 6.07) is 5.09. The van der Waals surface area contributed by atoms with E-state index in [2.05, 4.69) is 22.9 Å². The number of hydrogen-bond donors (Lipinski definition) is 0. The second-order valence-electron chi connectivity index (χ2n) is 3.46. The van der Waals surface area contributed by atoms with Gasteiger partial charge < -0.3 is 4.74 Å². The third-order valence-electron chi connectivity index (χ3n) is 2.17. The molecule has 1 rings (SSSR count). The van der Waals surface area contributed by atoms with Gasteiger partial charge in [-0.25, -0.2) is 4.39 Å². The average molecular weight is 275 g/mol. The molecule has 0 saturated carbocycles. The third kappa shape index (κ3) is 4.20. The quantitative estimate of drug-likeness (QED) is 0.692. The Morgan fingerprint density at radius 2 is 2.07 bits per heavy atom. The number of ether oxygens (including phenoxy) is 1. The molecule has 15 heavy (non-hydrogen) atoms. The van der Waals surface area contributed by atoms with E-state index in [4.69, 9.17) is 4.74 Å². The second kappa shape index (κ2) is 6.83. The van der Waals surface area contributed by atoms with Crippen molar-refractivity contribution in [2.24, 2.45) is 0 Å². The van der Waals surface area contributed by atoms with E-state index in [0.29, 0.717) is 16.8 Å². The van der Waals surface area contributed by atoms with Crippen molar-refractivity contribution in [1.29, 1.82) is 0 Å². The van der Waals surface area contributed by atoms with Gasteiger partial charge in [0.05, 0.1) is 11.1 Å². The topological polar surface area (TPSA) is 9.23 Å². The summed E-state index contributed by atoms with van der Waals surface area (Å²) in [4.78, 5) is 0. The molecule has 0 aliphatic heterocycles. The SMILES string of the molecule is CCCCCCOc1cccc(Br)c1F. The molecule has 1 aromatic rings. The highest BCUT2D eigenvalue weighted by molar-refractivity contribution is 9.10. The third-order valence-corrected chi connectivity index (χ3v) is 2.78. The van der Waals surface area contributed by atoms with Crippen molar-refractivity contribution in [3.05, 3.63) is 28.5 Å². The van der Waals surface area contributed by atoms with Crippen LogP contribution in [0.25, 0.3) is 0 Å². The molecule has 0 N–H and O–H groups in total. The standard InChI is InChI=1S/C12H16BrFO/c1-2-3-4-5-9-15-11-8-6-7-10(13)12(11)14/h6-8H,2-5,9H2,1H3. The predicted molar refractivity (Wildman–Crippen MR) is 63.7 cm³/mol. The van der Waals surface area contributed by atoms with Crippen LogP contribution in [0.2, 0.25) is 0 Å². The fraction of sp³-hybridized carbons (Fsp3) is 0.500. The minimum absolute atomic E-state index is 0.312. The van der Waals surface area contributed by atoms with Gasteiger partial charge in [0.1, 0.15) is 0 Å². The molecule has 0 unspecified atom stereocenters. The zero-order chi connectivity index (χ0) is 11.1. The van der Waals surface area contributed by atoms with E-state index in [0.717, 1.165) is 12.8 Å². The van der Waals surface area contributed by atoms with Gasteiger partial charge in [-0.15, -0.1) is 0 Å². The Morgan fingerprint density at radius 1 is 1.27 bits per heavy atom. The molecule has 0 fully saturated rings. The lowest BCUT2D eigenvalue weighted by atomic mass is 10.2. The minimum Gasteiger partial charge on any atom is -0.490 e. The number of halogens is 2. The summed E-state index contributed by atoms with van der Waals surface area (Å²) in [6.07, 6.45) is 4.54. The average Bonchev–Trinajstić information content (AvgIpc) is 2.24. The van der Waals surface area contributed by atoms with Crippen LogP contribution < -0.4 is 4.74 Å². The smallest absolute Gasteiger partial charge is 0.179 e. The Balaban J connectivity index is 2.34. The van der Waals surface area contributed by atoms with Gasteiger partial charge in [0, 0.05) is 0 Å². The maximum Gasteiger partial charge on any atom is 0.179 e. The summed E-state index contributed by atoms with van der Waals surface area (Å²) >= 11 is 3.12. The van der Waals surface area contributed by atoms with Crippen LogP contribution in [0.3, 0.4) is 0 Å². The first-order chi connectivity index (χ1) is 7.25. The molecule has 3 heteroatoms. The lowest BCUT2D eigenvalue weighted by molar-refractivity contribution is 0.290. The van der Waals surface area contributed by atoms with Crippen molar-refractivity contribution in [1.82, 2.24) is 0 Å². The fourth-order valence-electron chi connectivity index (χ4n) is 1.31. The molecule has 0 aliphatic rings. The van der Waals surface area contributed by atoms with E-state index in [1.165, 1.54) is 12.8 Å². The van der Waals surface area contributed by atoms with Crippen LogP contribution in [-0.2, 0) is 0 Å². The molecule has 1 nitrogen and oxygen atoms in total. The van der Waals surface area contributed by atoms with Gasteiger partial charge in [0.15, 0.2) is 11.6 Å². The molecule has 1 aromatic carbocycles. The lowest BCUT2D eigenvalue weighted by Crippen LogP contribution is -1.99. The fourth-order valence-corrected chi connectivity index (χ4v) is 1.65. The van der Waals surface area contributed by atoms with Crippen LogP contribution in [0.4, 0.5) is 4.39 Å². The molecule has 0 amide bonds. The summed E-state index contributed by atoms with van der Waals surface area (Å²) in [5, 5.41) is 0. The van der Waals surface area contributed by atoms with Gasteiger partial charge in [-0.2, -0.15) is 0 Å². The van der Waals surface area contributed by atoms with Crippen LogP contribution in [0.15, 0.2) is 22.7 Å². The van der Waals surface area contributed by atoms with E-state index in [1.54, 1.807) is 18.2 Å². The van der Waals surface area contributed by atoms with E-state index in [-0.39, 0.29) is 5.82 Å². The highest BCUT2D eigenvalue weighted by Gasteiger charge is 2.05. The van der Waals surface area contributed by atoms with E-state index in [1.807, 2.05) is 0 Å². The molecule has 0 heterocycles. The van der Waals surface area contributed by atoms with Gasteiger partial charge in [0.2, 0.25) is 0 Å². The monoisotopic (exact) mass is 274 g/mol. The number of unbranched alkanes of at least 4 members (excludes halogenated alkanes) is 3. The first-order valence-electron chi connectivity index (χ1n) is 5.32. The van der Waals surface area contributed by atoms with Gasteiger partial charge in [0.25, 0.3) is 0 Å². The zero-order valence-corrected chi connectivity index (χ0v) is 10.5. The number of benzene rings is 1. The van der Waals surface area contributed by atoms with Gasteiger partial charge >= 0.3 is 0 Å². The molecule has 0 spiro atoms. The van der Waals surface area contributed by atoms with E-state index < -0.39 is 0 Å². The lowest BCUT2D eigenvalue weighted by Gasteiger charge is -2.07. The molecular weight excluding hydrogens is 259 g/mol. The van der Waals surface area contributed by atoms with Crippen LogP contribution in [-0.4, -0.2) is 6.61 Å².